The Bertz CT molecular complexity index is 1100. The van der Waals surface area contributed by atoms with Gasteiger partial charge in [0.15, 0.2) is 0 Å². The molecule has 0 fully saturated rings. The third-order valence-electron chi connectivity index (χ3n) is 5.10. The topological polar surface area (TPSA) is 47.9 Å². The van der Waals surface area contributed by atoms with E-state index in [0.717, 1.165) is 28.8 Å². The zero-order valence-electron chi connectivity index (χ0n) is 16.2. The highest BCUT2D eigenvalue weighted by atomic mass is 19.1. The average Bonchev–Trinajstić information content (AvgIpc) is 2.75. The maximum atomic E-state index is 14.4. The van der Waals surface area contributed by atoms with E-state index in [1.807, 2.05) is 18.2 Å². The molecule has 0 unspecified atom stereocenters. The average molecular weight is 389 g/mol. The Morgan fingerprint density at radius 2 is 1.76 bits per heavy atom. The van der Waals surface area contributed by atoms with Gasteiger partial charge in [0, 0.05) is 22.8 Å². The first kappa shape index (κ1) is 18.9. The van der Waals surface area contributed by atoms with Crippen LogP contribution < -0.4 is 4.74 Å². The van der Waals surface area contributed by atoms with Gasteiger partial charge in [-0.3, -0.25) is 0 Å². The van der Waals surface area contributed by atoms with E-state index < -0.39 is 5.97 Å². The summed E-state index contributed by atoms with van der Waals surface area (Å²) in [5, 5.41) is 0. The van der Waals surface area contributed by atoms with E-state index in [9.17, 15) is 9.18 Å². The minimum absolute atomic E-state index is 0.381. The summed E-state index contributed by atoms with van der Waals surface area (Å²) in [6, 6.07) is 17.8. The molecule has 146 valence electrons. The summed E-state index contributed by atoms with van der Waals surface area (Å²) in [7, 11) is 2.89. The van der Waals surface area contributed by atoms with Gasteiger partial charge in [0.1, 0.15) is 11.6 Å². The molecule has 0 atom stereocenters. The van der Waals surface area contributed by atoms with Crippen molar-refractivity contribution < 1.29 is 18.7 Å². The molecule has 1 aliphatic heterocycles. The lowest BCUT2D eigenvalue weighted by Crippen LogP contribution is -2.13. The number of carbonyl (C=O) groups is 1. The van der Waals surface area contributed by atoms with Crippen molar-refractivity contribution in [2.24, 2.45) is 4.99 Å². The molecule has 4 rings (SSSR count). The minimum Gasteiger partial charge on any atom is -0.496 e. The number of aliphatic imine (C=N–C) groups is 1. The number of aryl methyl sites for hydroxylation is 1. The number of benzene rings is 3. The number of esters is 1. The van der Waals surface area contributed by atoms with Gasteiger partial charge in [-0.15, -0.1) is 0 Å². The zero-order valence-corrected chi connectivity index (χ0v) is 16.2. The number of rotatable bonds is 3. The van der Waals surface area contributed by atoms with Crippen LogP contribution in [-0.4, -0.2) is 25.9 Å². The molecule has 0 aromatic heterocycles. The molecule has 0 spiro atoms. The van der Waals surface area contributed by atoms with Crippen LogP contribution in [0.3, 0.4) is 0 Å². The van der Waals surface area contributed by atoms with Gasteiger partial charge in [-0.2, -0.15) is 0 Å². The van der Waals surface area contributed by atoms with Gasteiger partial charge in [0.05, 0.1) is 31.2 Å². The minimum atomic E-state index is -0.408. The lowest BCUT2D eigenvalue weighted by Gasteiger charge is -2.20. The number of ether oxygens (including phenoxy) is 2. The lowest BCUT2D eigenvalue weighted by atomic mass is 9.90. The summed E-state index contributed by atoms with van der Waals surface area (Å²) < 4.78 is 24.6. The SMILES string of the molecule is COC(=O)c1ccc(/C2=N/c3ccccc3CCc3c(OC)cc(F)cc32)cc1. The Hall–Kier alpha value is -3.47. The van der Waals surface area contributed by atoms with Crippen molar-refractivity contribution in [2.75, 3.05) is 14.2 Å². The molecule has 0 radical (unpaired) electrons. The molecule has 0 amide bonds. The molecule has 3 aromatic carbocycles. The van der Waals surface area contributed by atoms with E-state index in [-0.39, 0.29) is 5.82 Å². The van der Waals surface area contributed by atoms with E-state index in [1.54, 1.807) is 31.4 Å². The normalized spacial score (nSPS) is 14.5. The molecule has 1 heterocycles. The molecule has 1 aliphatic rings. The Morgan fingerprint density at radius 3 is 2.48 bits per heavy atom. The summed E-state index contributed by atoms with van der Waals surface area (Å²) in [5.74, 6) is -0.277. The van der Waals surface area contributed by atoms with Crippen LogP contribution in [0.4, 0.5) is 10.1 Å². The van der Waals surface area contributed by atoms with Gasteiger partial charge in [0.25, 0.3) is 0 Å². The van der Waals surface area contributed by atoms with Crippen LogP contribution in [0.1, 0.15) is 32.6 Å². The smallest absolute Gasteiger partial charge is 0.337 e. The highest BCUT2D eigenvalue weighted by molar-refractivity contribution is 6.15. The molecule has 0 saturated carbocycles. The highest BCUT2D eigenvalue weighted by Gasteiger charge is 2.21. The second-order valence-electron chi connectivity index (χ2n) is 6.79. The Kier molecular flexibility index (Phi) is 5.12. The quantitative estimate of drug-likeness (QED) is 0.600. The summed E-state index contributed by atoms with van der Waals surface area (Å²) in [5.41, 5.74) is 5.45. The van der Waals surface area contributed by atoms with Gasteiger partial charge in [-0.25, -0.2) is 14.2 Å². The molecule has 5 heteroatoms. The first-order valence-electron chi connectivity index (χ1n) is 9.33. The van der Waals surface area contributed by atoms with Crippen molar-refractivity contribution in [1.82, 2.24) is 0 Å². The lowest BCUT2D eigenvalue weighted by molar-refractivity contribution is 0.0600. The monoisotopic (exact) mass is 389 g/mol. The van der Waals surface area contributed by atoms with Gasteiger partial charge >= 0.3 is 5.97 Å². The van der Waals surface area contributed by atoms with Gasteiger partial charge in [-0.05, 0) is 42.7 Å². The van der Waals surface area contributed by atoms with E-state index in [1.165, 1.54) is 19.2 Å². The van der Waals surface area contributed by atoms with Crippen LogP contribution >= 0.6 is 0 Å². The highest BCUT2D eigenvalue weighted by Crippen LogP contribution is 2.33. The Balaban J connectivity index is 1.94. The first-order valence-corrected chi connectivity index (χ1v) is 9.33. The standard InChI is InChI=1S/C24H20FNO3/c1-28-22-14-18(25)13-20-19(22)12-11-15-5-3-4-6-21(15)26-23(20)16-7-9-17(10-8-16)24(27)29-2/h3-10,13-14H,11-12H2,1-2H3/b26-23-. The van der Waals surface area contributed by atoms with Crippen molar-refractivity contribution >= 4 is 17.4 Å². The van der Waals surface area contributed by atoms with Crippen LogP contribution in [0.15, 0.2) is 65.7 Å². The van der Waals surface area contributed by atoms with Crippen LogP contribution in [-0.2, 0) is 17.6 Å². The number of halogens is 1. The molecule has 29 heavy (non-hydrogen) atoms. The van der Waals surface area contributed by atoms with Gasteiger partial charge in [0.2, 0.25) is 0 Å². The number of hydrogen-bond donors (Lipinski definition) is 0. The molecule has 4 nitrogen and oxygen atoms in total. The maximum absolute atomic E-state index is 14.4. The van der Waals surface area contributed by atoms with Gasteiger partial charge < -0.3 is 9.47 Å². The third-order valence-corrected chi connectivity index (χ3v) is 5.10. The number of nitrogens with zero attached hydrogens (tertiary/aromatic N) is 1. The van der Waals surface area contributed by atoms with Crippen LogP contribution in [0.25, 0.3) is 0 Å². The van der Waals surface area contributed by atoms with E-state index >= 15 is 0 Å². The van der Waals surface area contributed by atoms with Crippen LogP contribution in [0, 0.1) is 5.82 Å². The fourth-order valence-electron chi connectivity index (χ4n) is 3.64. The predicted octanol–water partition coefficient (Wildman–Crippen LogP) is 4.89. The summed E-state index contributed by atoms with van der Waals surface area (Å²) >= 11 is 0. The van der Waals surface area contributed by atoms with E-state index in [0.29, 0.717) is 29.0 Å². The molecular weight excluding hydrogens is 369 g/mol. The van der Waals surface area contributed by atoms with Crippen LogP contribution in [0.2, 0.25) is 0 Å². The van der Waals surface area contributed by atoms with Gasteiger partial charge in [-0.1, -0.05) is 30.3 Å². The molecule has 0 N–H and O–H groups in total. The summed E-state index contributed by atoms with van der Waals surface area (Å²) in [6.07, 6.45) is 1.48. The number of carbonyl (C=O) groups excluding carboxylic acids is 1. The van der Waals surface area contributed by atoms with E-state index in [4.69, 9.17) is 14.5 Å². The molecule has 0 saturated heterocycles. The second-order valence-corrected chi connectivity index (χ2v) is 6.79. The Morgan fingerprint density at radius 1 is 1.00 bits per heavy atom. The second kappa shape index (κ2) is 7.87. The van der Waals surface area contributed by atoms with Crippen LogP contribution in [0.5, 0.6) is 5.75 Å². The number of fused-ring (bicyclic) bond motifs is 2. The number of methoxy groups -OCH3 is 2. The maximum Gasteiger partial charge on any atom is 0.337 e. The molecule has 0 aliphatic carbocycles. The number of hydrogen-bond acceptors (Lipinski definition) is 4. The van der Waals surface area contributed by atoms with Crippen molar-refractivity contribution in [2.45, 2.75) is 12.8 Å². The summed E-state index contributed by atoms with van der Waals surface area (Å²) in [6.45, 7) is 0. The fourth-order valence-corrected chi connectivity index (χ4v) is 3.64. The van der Waals surface area contributed by atoms with Crippen molar-refractivity contribution in [3.63, 3.8) is 0 Å². The predicted molar refractivity (Wildman–Crippen MR) is 110 cm³/mol. The molecule has 0 bridgehead atoms. The van der Waals surface area contributed by atoms with Crippen molar-refractivity contribution in [3.8, 4) is 5.75 Å². The third kappa shape index (κ3) is 3.63. The molecule has 3 aromatic rings. The molecular formula is C24H20FNO3. The van der Waals surface area contributed by atoms with E-state index in [2.05, 4.69) is 6.07 Å². The van der Waals surface area contributed by atoms with Crippen molar-refractivity contribution in [3.05, 3.63) is 94.3 Å². The first-order chi connectivity index (χ1) is 14.1. The van der Waals surface area contributed by atoms with Crippen molar-refractivity contribution in [1.29, 1.82) is 0 Å². The summed E-state index contributed by atoms with van der Waals surface area (Å²) in [4.78, 5) is 16.7. The zero-order chi connectivity index (χ0) is 20.4. The Labute approximate surface area is 168 Å². The number of para-hydroxylation sites is 1. The fraction of sp³-hybridized carbons (Fsp3) is 0.167. The largest absolute Gasteiger partial charge is 0.496 e.